The summed E-state index contributed by atoms with van der Waals surface area (Å²) in [5.74, 6) is 2.42. The van der Waals surface area contributed by atoms with Crippen LogP contribution in [0.4, 0.5) is 0 Å². The molecule has 0 spiro atoms. The number of methoxy groups -OCH3 is 1. The lowest BCUT2D eigenvalue weighted by Crippen LogP contribution is -2.41. The van der Waals surface area contributed by atoms with E-state index in [9.17, 15) is 0 Å². The van der Waals surface area contributed by atoms with Crippen molar-refractivity contribution in [3.63, 3.8) is 0 Å². The van der Waals surface area contributed by atoms with Crippen molar-refractivity contribution in [2.24, 2.45) is 4.99 Å². The summed E-state index contributed by atoms with van der Waals surface area (Å²) >= 11 is 0. The van der Waals surface area contributed by atoms with Gasteiger partial charge in [-0.15, -0.1) is 24.0 Å². The molecule has 1 aliphatic heterocycles. The number of aryl methyl sites for hydroxylation is 1. The molecule has 6 nitrogen and oxygen atoms in total. The van der Waals surface area contributed by atoms with Gasteiger partial charge in [-0.1, -0.05) is 12.1 Å². The van der Waals surface area contributed by atoms with E-state index in [1.54, 1.807) is 7.11 Å². The summed E-state index contributed by atoms with van der Waals surface area (Å²) in [5, 5.41) is 7.77. The Morgan fingerprint density at radius 2 is 2.12 bits per heavy atom. The van der Waals surface area contributed by atoms with E-state index >= 15 is 0 Å². The molecule has 2 aromatic rings. The first-order chi connectivity index (χ1) is 12.2. The number of aliphatic imine (C=N–C) groups is 1. The topological polar surface area (TPSA) is 54.7 Å². The van der Waals surface area contributed by atoms with Crippen LogP contribution in [0.15, 0.2) is 41.7 Å². The number of nitrogens with zero attached hydrogens (tertiary/aromatic N) is 4. The molecule has 1 aromatic heterocycles. The molecule has 1 unspecified atom stereocenters. The largest absolute Gasteiger partial charge is 0.497 e. The number of hydrogen-bond donors (Lipinski definition) is 1. The quantitative estimate of drug-likeness (QED) is 0.416. The molecule has 7 heteroatoms. The SMILES string of the molecule is CN=C(NCCn1cc(C)cn1)N1CCC(c2ccc(OC)cc2)C1.I. The molecule has 0 bridgehead atoms. The molecule has 0 radical (unpaired) electrons. The zero-order valence-electron chi connectivity index (χ0n) is 15.7. The van der Waals surface area contributed by atoms with E-state index in [1.807, 2.05) is 30.1 Å². The first-order valence-corrected chi connectivity index (χ1v) is 8.78. The van der Waals surface area contributed by atoms with Gasteiger partial charge >= 0.3 is 0 Å². The monoisotopic (exact) mass is 469 g/mol. The van der Waals surface area contributed by atoms with Gasteiger partial charge in [0.1, 0.15) is 5.75 Å². The van der Waals surface area contributed by atoms with E-state index in [4.69, 9.17) is 4.74 Å². The van der Waals surface area contributed by atoms with Crippen LogP contribution in [0, 0.1) is 6.92 Å². The number of ether oxygens (including phenoxy) is 1. The summed E-state index contributed by atoms with van der Waals surface area (Å²) in [6, 6.07) is 8.42. The van der Waals surface area contributed by atoms with Gasteiger partial charge in [0.15, 0.2) is 5.96 Å². The van der Waals surface area contributed by atoms with E-state index in [0.717, 1.165) is 44.3 Å². The Kier molecular flexibility index (Phi) is 7.74. The molecule has 0 aliphatic carbocycles. The van der Waals surface area contributed by atoms with Crippen LogP contribution in [0.1, 0.15) is 23.5 Å². The standard InChI is InChI=1S/C19H27N5O.HI/c1-15-12-22-24(13-15)11-9-21-19(20-2)23-10-8-17(14-23)16-4-6-18(25-3)7-5-16;/h4-7,12-13,17H,8-11,14H2,1-3H3,(H,20,21);1H. The molecule has 26 heavy (non-hydrogen) atoms. The third kappa shape index (κ3) is 5.12. The number of nitrogens with one attached hydrogen (secondary N) is 1. The maximum atomic E-state index is 5.24. The highest BCUT2D eigenvalue weighted by Gasteiger charge is 2.25. The minimum atomic E-state index is 0. The second kappa shape index (κ2) is 9.80. The molecule has 3 rings (SSSR count). The van der Waals surface area contributed by atoms with Crippen LogP contribution in [-0.4, -0.2) is 54.4 Å². The second-order valence-electron chi connectivity index (χ2n) is 6.46. The second-order valence-corrected chi connectivity index (χ2v) is 6.46. The molecule has 1 saturated heterocycles. The van der Waals surface area contributed by atoms with Crippen molar-refractivity contribution in [3.05, 3.63) is 47.8 Å². The zero-order valence-corrected chi connectivity index (χ0v) is 18.0. The molecule has 1 atom stereocenters. The van der Waals surface area contributed by atoms with E-state index in [0.29, 0.717) is 5.92 Å². The van der Waals surface area contributed by atoms with Crippen molar-refractivity contribution in [2.75, 3.05) is 33.8 Å². The van der Waals surface area contributed by atoms with Crippen molar-refractivity contribution in [3.8, 4) is 5.75 Å². The fourth-order valence-electron chi connectivity index (χ4n) is 3.30. The molecular weight excluding hydrogens is 441 g/mol. The summed E-state index contributed by atoms with van der Waals surface area (Å²) in [6.07, 6.45) is 5.08. The lowest BCUT2D eigenvalue weighted by Gasteiger charge is -2.22. The molecule has 1 fully saturated rings. The van der Waals surface area contributed by atoms with Crippen molar-refractivity contribution < 1.29 is 4.74 Å². The van der Waals surface area contributed by atoms with Crippen molar-refractivity contribution >= 4 is 29.9 Å². The predicted molar refractivity (Wildman–Crippen MR) is 116 cm³/mol. The van der Waals surface area contributed by atoms with Gasteiger partial charge in [-0.05, 0) is 36.6 Å². The Bertz CT molecular complexity index is 713. The molecule has 2 heterocycles. The number of likely N-dealkylation sites (tertiary alicyclic amines) is 1. The number of benzene rings is 1. The third-order valence-corrected chi connectivity index (χ3v) is 4.67. The Hall–Kier alpha value is -1.77. The highest BCUT2D eigenvalue weighted by atomic mass is 127. The van der Waals surface area contributed by atoms with Crippen LogP contribution in [0.25, 0.3) is 0 Å². The number of guanidine groups is 1. The average molecular weight is 469 g/mol. The maximum Gasteiger partial charge on any atom is 0.193 e. The van der Waals surface area contributed by atoms with Crippen LogP contribution in [0.5, 0.6) is 5.75 Å². The minimum Gasteiger partial charge on any atom is -0.497 e. The smallest absolute Gasteiger partial charge is 0.193 e. The van der Waals surface area contributed by atoms with Gasteiger partial charge in [-0.3, -0.25) is 9.67 Å². The van der Waals surface area contributed by atoms with Crippen LogP contribution in [-0.2, 0) is 6.54 Å². The van der Waals surface area contributed by atoms with Gasteiger partial charge in [-0.2, -0.15) is 5.10 Å². The summed E-state index contributed by atoms with van der Waals surface area (Å²) < 4.78 is 7.20. The predicted octanol–water partition coefficient (Wildman–Crippen LogP) is 2.88. The van der Waals surface area contributed by atoms with E-state index in [1.165, 1.54) is 11.1 Å². The number of rotatable bonds is 5. The zero-order chi connectivity index (χ0) is 17.6. The summed E-state index contributed by atoms with van der Waals surface area (Å²) in [6.45, 7) is 5.73. The summed E-state index contributed by atoms with van der Waals surface area (Å²) in [7, 11) is 3.55. The minimum absolute atomic E-state index is 0. The molecule has 1 N–H and O–H groups in total. The summed E-state index contributed by atoms with van der Waals surface area (Å²) in [5.41, 5.74) is 2.55. The van der Waals surface area contributed by atoms with Crippen molar-refractivity contribution in [2.45, 2.75) is 25.8 Å². The number of halogens is 1. The fraction of sp³-hybridized carbons (Fsp3) is 0.474. The van der Waals surface area contributed by atoms with Crippen LogP contribution in [0.3, 0.4) is 0 Å². The van der Waals surface area contributed by atoms with Gasteiger partial charge in [0, 0.05) is 38.8 Å². The van der Waals surface area contributed by atoms with E-state index < -0.39 is 0 Å². The van der Waals surface area contributed by atoms with Gasteiger partial charge in [0.2, 0.25) is 0 Å². The van der Waals surface area contributed by atoms with Crippen LogP contribution < -0.4 is 10.1 Å². The maximum absolute atomic E-state index is 5.24. The summed E-state index contributed by atoms with van der Waals surface area (Å²) in [4.78, 5) is 6.78. The molecular formula is C19H28IN5O. The van der Waals surface area contributed by atoms with Gasteiger partial charge < -0.3 is 15.0 Å². The molecule has 0 amide bonds. The third-order valence-electron chi connectivity index (χ3n) is 4.67. The highest BCUT2D eigenvalue weighted by Crippen LogP contribution is 2.28. The van der Waals surface area contributed by atoms with Gasteiger partial charge in [0.25, 0.3) is 0 Å². The van der Waals surface area contributed by atoms with Gasteiger partial charge in [0.05, 0.1) is 19.9 Å². The van der Waals surface area contributed by atoms with E-state index in [-0.39, 0.29) is 24.0 Å². The normalized spacial score (nSPS) is 17.1. The van der Waals surface area contributed by atoms with Crippen molar-refractivity contribution in [1.29, 1.82) is 0 Å². The Morgan fingerprint density at radius 3 is 2.73 bits per heavy atom. The fourth-order valence-corrected chi connectivity index (χ4v) is 3.30. The van der Waals surface area contributed by atoms with Crippen LogP contribution in [0.2, 0.25) is 0 Å². The molecule has 1 aliphatic rings. The Labute approximate surface area is 172 Å². The van der Waals surface area contributed by atoms with E-state index in [2.05, 4.69) is 45.6 Å². The van der Waals surface area contributed by atoms with Gasteiger partial charge in [-0.25, -0.2) is 0 Å². The highest BCUT2D eigenvalue weighted by molar-refractivity contribution is 14.0. The molecule has 142 valence electrons. The Morgan fingerprint density at radius 1 is 1.35 bits per heavy atom. The number of hydrogen-bond acceptors (Lipinski definition) is 3. The number of aromatic nitrogens is 2. The lowest BCUT2D eigenvalue weighted by molar-refractivity contribution is 0.414. The lowest BCUT2D eigenvalue weighted by atomic mass is 9.98. The van der Waals surface area contributed by atoms with Crippen molar-refractivity contribution in [1.82, 2.24) is 20.0 Å². The first-order valence-electron chi connectivity index (χ1n) is 8.78. The molecule has 1 aromatic carbocycles. The molecule has 0 saturated carbocycles. The van der Waals surface area contributed by atoms with Crippen LogP contribution >= 0.6 is 24.0 Å². The average Bonchev–Trinajstić information content (AvgIpc) is 3.28. The first kappa shape index (κ1) is 20.5. The Balaban J connectivity index is 0.00000243.